The Labute approximate surface area is 146 Å². The van der Waals surface area contributed by atoms with E-state index in [4.69, 9.17) is 5.73 Å². The normalized spacial score (nSPS) is 18.6. The predicted octanol–water partition coefficient (Wildman–Crippen LogP) is 2.83. The SMILES string of the molecule is NC(=O)CCN(Cc1ccccc1)C(=O)C1CC1c1ccc(F)cc1. The van der Waals surface area contributed by atoms with E-state index >= 15 is 0 Å². The predicted molar refractivity (Wildman–Crippen MR) is 92.9 cm³/mol. The Morgan fingerprint density at radius 2 is 1.76 bits per heavy atom. The fraction of sp³-hybridized carbons (Fsp3) is 0.300. The number of carbonyl (C=O) groups excluding carboxylic acids is 2. The number of primary amides is 1. The number of halogens is 1. The first-order chi connectivity index (χ1) is 12.0. The van der Waals surface area contributed by atoms with Gasteiger partial charge in [0.2, 0.25) is 11.8 Å². The van der Waals surface area contributed by atoms with E-state index in [1.807, 2.05) is 30.3 Å². The van der Waals surface area contributed by atoms with Crippen LogP contribution in [0.15, 0.2) is 54.6 Å². The van der Waals surface area contributed by atoms with Crippen molar-refractivity contribution in [1.82, 2.24) is 4.90 Å². The zero-order valence-electron chi connectivity index (χ0n) is 13.9. The van der Waals surface area contributed by atoms with Crippen LogP contribution >= 0.6 is 0 Å². The Morgan fingerprint density at radius 1 is 1.08 bits per heavy atom. The van der Waals surface area contributed by atoms with Crippen molar-refractivity contribution in [2.75, 3.05) is 6.54 Å². The summed E-state index contributed by atoms with van der Waals surface area (Å²) in [7, 11) is 0. The Balaban J connectivity index is 1.68. The average Bonchev–Trinajstić information content (AvgIpc) is 3.40. The summed E-state index contributed by atoms with van der Waals surface area (Å²) >= 11 is 0. The Kier molecular flexibility index (Phi) is 5.12. The molecule has 2 amide bonds. The molecule has 2 unspecified atom stereocenters. The molecule has 0 aromatic heterocycles. The van der Waals surface area contributed by atoms with Crippen LogP contribution in [0.3, 0.4) is 0 Å². The number of carbonyl (C=O) groups is 2. The van der Waals surface area contributed by atoms with Crippen LogP contribution in [0, 0.1) is 11.7 Å². The summed E-state index contributed by atoms with van der Waals surface area (Å²) in [6, 6.07) is 16.0. The van der Waals surface area contributed by atoms with E-state index in [0.29, 0.717) is 13.1 Å². The summed E-state index contributed by atoms with van der Waals surface area (Å²) in [5, 5.41) is 0. The highest BCUT2D eigenvalue weighted by Gasteiger charge is 2.45. The average molecular weight is 340 g/mol. The molecule has 3 rings (SSSR count). The van der Waals surface area contributed by atoms with Gasteiger partial charge in [0, 0.05) is 25.4 Å². The van der Waals surface area contributed by atoms with Crippen LogP contribution in [-0.4, -0.2) is 23.3 Å². The maximum Gasteiger partial charge on any atom is 0.226 e. The molecule has 0 radical (unpaired) electrons. The van der Waals surface area contributed by atoms with Crippen LogP contribution in [-0.2, 0) is 16.1 Å². The standard InChI is InChI=1S/C20H21FN2O2/c21-16-8-6-15(7-9-16)17-12-18(17)20(25)23(11-10-19(22)24)13-14-4-2-1-3-5-14/h1-9,17-18H,10-13H2,(H2,22,24). The minimum atomic E-state index is -0.420. The lowest BCUT2D eigenvalue weighted by atomic mass is 10.1. The van der Waals surface area contributed by atoms with Gasteiger partial charge in [-0.2, -0.15) is 0 Å². The number of rotatable bonds is 7. The number of amides is 2. The fourth-order valence-electron chi connectivity index (χ4n) is 3.10. The third-order valence-corrected chi connectivity index (χ3v) is 4.56. The van der Waals surface area contributed by atoms with Gasteiger partial charge in [-0.1, -0.05) is 42.5 Å². The van der Waals surface area contributed by atoms with Crippen LogP contribution in [0.1, 0.15) is 29.9 Å². The molecule has 1 saturated carbocycles. The smallest absolute Gasteiger partial charge is 0.226 e. The zero-order valence-corrected chi connectivity index (χ0v) is 13.9. The monoisotopic (exact) mass is 340 g/mol. The molecule has 0 saturated heterocycles. The van der Waals surface area contributed by atoms with Gasteiger partial charge in [-0.15, -0.1) is 0 Å². The molecular formula is C20H21FN2O2. The van der Waals surface area contributed by atoms with Gasteiger partial charge in [0.1, 0.15) is 5.82 Å². The van der Waals surface area contributed by atoms with Crippen LogP contribution < -0.4 is 5.73 Å². The second-order valence-electron chi connectivity index (χ2n) is 6.46. The number of nitrogens with two attached hydrogens (primary N) is 1. The minimum Gasteiger partial charge on any atom is -0.370 e. The summed E-state index contributed by atoms with van der Waals surface area (Å²) in [6.07, 6.45) is 0.902. The maximum absolute atomic E-state index is 13.1. The molecule has 4 nitrogen and oxygen atoms in total. The third kappa shape index (κ3) is 4.44. The van der Waals surface area contributed by atoms with Gasteiger partial charge >= 0.3 is 0 Å². The van der Waals surface area contributed by atoms with Crippen LogP contribution in [0.25, 0.3) is 0 Å². The highest BCUT2D eigenvalue weighted by atomic mass is 19.1. The van der Waals surface area contributed by atoms with E-state index in [-0.39, 0.29) is 30.0 Å². The largest absolute Gasteiger partial charge is 0.370 e. The molecule has 0 spiro atoms. The fourth-order valence-corrected chi connectivity index (χ4v) is 3.10. The molecule has 130 valence electrons. The second-order valence-corrected chi connectivity index (χ2v) is 6.46. The number of hydrogen-bond donors (Lipinski definition) is 1. The van der Waals surface area contributed by atoms with Gasteiger partial charge in [-0.25, -0.2) is 4.39 Å². The molecule has 1 fully saturated rings. The lowest BCUT2D eigenvalue weighted by molar-refractivity contribution is -0.133. The van der Waals surface area contributed by atoms with Gasteiger partial charge in [0.15, 0.2) is 0 Å². The van der Waals surface area contributed by atoms with Crippen molar-refractivity contribution in [2.45, 2.75) is 25.3 Å². The topological polar surface area (TPSA) is 63.4 Å². The van der Waals surface area contributed by atoms with Crippen molar-refractivity contribution in [3.63, 3.8) is 0 Å². The maximum atomic E-state index is 13.1. The zero-order chi connectivity index (χ0) is 17.8. The van der Waals surface area contributed by atoms with Gasteiger partial charge in [-0.05, 0) is 35.6 Å². The van der Waals surface area contributed by atoms with Crippen LogP contribution in [0.4, 0.5) is 4.39 Å². The third-order valence-electron chi connectivity index (χ3n) is 4.56. The van der Waals surface area contributed by atoms with Gasteiger partial charge < -0.3 is 10.6 Å². The highest BCUT2D eigenvalue weighted by molar-refractivity contribution is 5.83. The number of hydrogen-bond acceptors (Lipinski definition) is 2. The molecule has 25 heavy (non-hydrogen) atoms. The van der Waals surface area contributed by atoms with Crippen molar-refractivity contribution in [3.8, 4) is 0 Å². The Bertz CT molecular complexity index is 746. The second kappa shape index (κ2) is 7.47. The molecular weight excluding hydrogens is 319 g/mol. The van der Waals surface area contributed by atoms with E-state index in [1.54, 1.807) is 17.0 Å². The van der Waals surface area contributed by atoms with Crippen molar-refractivity contribution in [2.24, 2.45) is 11.7 Å². The van der Waals surface area contributed by atoms with Gasteiger partial charge in [0.25, 0.3) is 0 Å². The molecule has 1 aliphatic rings. The molecule has 2 aromatic carbocycles. The van der Waals surface area contributed by atoms with Crippen molar-refractivity contribution >= 4 is 11.8 Å². The van der Waals surface area contributed by atoms with Crippen LogP contribution in [0.5, 0.6) is 0 Å². The van der Waals surface area contributed by atoms with E-state index in [0.717, 1.165) is 17.5 Å². The molecule has 0 heterocycles. The van der Waals surface area contributed by atoms with E-state index in [9.17, 15) is 14.0 Å². The summed E-state index contributed by atoms with van der Waals surface area (Å²) in [4.78, 5) is 25.7. The summed E-state index contributed by atoms with van der Waals surface area (Å²) in [6.45, 7) is 0.773. The summed E-state index contributed by atoms with van der Waals surface area (Å²) in [5.74, 6) is -0.655. The molecule has 0 bridgehead atoms. The Morgan fingerprint density at radius 3 is 2.40 bits per heavy atom. The highest BCUT2D eigenvalue weighted by Crippen LogP contribution is 2.48. The first kappa shape index (κ1) is 17.1. The Hall–Kier alpha value is -2.69. The molecule has 2 atom stereocenters. The first-order valence-electron chi connectivity index (χ1n) is 8.41. The number of nitrogens with zero attached hydrogens (tertiary/aromatic N) is 1. The van der Waals surface area contributed by atoms with Crippen LogP contribution in [0.2, 0.25) is 0 Å². The lowest BCUT2D eigenvalue weighted by Gasteiger charge is -2.22. The molecule has 2 N–H and O–H groups in total. The van der Waals surface area contributed by atoms with Crippen molar-refractivity contribution in [3.05, 3.63) is 71.5 Å². The molecule has 0 aliphatic heterocycles. The quantitative estimate of drug-likeness (QED) is 0.842. The summed E-state index contributed by atoms with van der Waals surface area (Å²) < 4.78 is 13.1. The molecule has 2 aromatic rings. The minimum absolute atomic E-state index is 0.0272. The van der Waals surface area contributed by atoms with Gasteiger partial charge in [0.05, 0.1) is 0 Å². The lowest BCUT2D eigenvalue weighted by Crippen LogP contribution is -2.35. The van der Waals surface area contributed by atoms with Gasteiger partial charge in [-0.3, -0.25) is 9.59 Å². The van der Waals surface area contributed by atoms with E-state index < -0.39 is 5.91 Å². The molecule has 5 heteroatoms. The van der Waals surface area contributed by atoms with E-state index in [2.05, 4.69) is 0 Å². The van der Waals surface area contributed by atoms with E-state index in [1.165, 1.54) is 12.1 Å². The van der Waals surface area contributed by atoms with Crippen molar-refractivity contribution < 1.29 is 14.0 Å². The number of benzene rings is 2. The van der Waals surface area contributed by atoms with Crippen molar-refractivity contribution in [1.29, 1.82) is 0 Å². The molecule has 1 aliphatic carbocycles. The first-order valence-corrected chi connectivity index (χ1v) is 8.41. The summed E-state index contributed by atoms with van der Waals surface area (Å²) in [5.41, 5.74) is 7.24.